The number of rotatable bonds is 4. The predicted molar refractivity (Wildman–Crippen MR) is 90.1 cm³/mol. The first-order chi connectivity index (χ1) is 10.8. The number of hydrogen-bond acceptors (Lipinski definition) is 3. The number of pyridine rings is 1. The van der Waals surface area contributed by atoms with E-state index in [1.807, 2.05) is 13.0 Å². The number of hydrogen-bond donors (Lipinski definition) is 1. The van der Waals surface area contributed by atoms with Crippen LogP contribution in [0.5, 0.6) is 0 Å². The van der Waals surface area contributed by atoms with Crippen molar-refractivity contribution in [3.05, 3.63) is 64.6 Å². The lowest BCUT2D eigenvalue weighted by Crippen LogP contribution is -2.24. The Morgan fingerprint density at radius 2 is 1.96 bits per heavy atom. The van der Waals surface area contributed by atoms with Gasteiger partial charge >= 0.3 is 0 Å². The first-order valence-corrected chi connectivity index (χ1v) is 8.91. The zero-order valence-corrected chi connectivity index (χ0v) is 14.3. The number of aromatic nitrogens is 2. The van der Waals surface area contributed by atoms with Crippen LogP contribution in [-0.4, -0.2) is 17.8 Å². The zero-order chi connectivity index (χ0) is 16.6. The van der Waals surface area contributed by atoms with Crippen molar-refractivity contribution < 1.29 is 8.42 Å². The second-order valence-corrected chi connectivity index (χ2v) is 7.61. The zero-order valence-electron chi connectivity index (χ0n) is 12.7. The third-order valence-corrected chi connectivity index (χ3v) is 5.31. The molecule has 0 amide bonds. The van der Waals surface area contributed by atoms with Crippen LogP contribution in [0.4, 0.5) is 0 Å². The normalized spacial score (nSPS) is 12.0. The molecule has 1 aromatic carbocycles. The van der Waals surface area contributed by atoms with Crippen molar-refractivity contribution in [3.63, 3.8) is 0 Å². The smallest absolute Gasteiger partial charge is 0.241 e. The molecule has 2 aromatic heterocycles. The highest BCUT2D eigenvalue weighted by atomic mass is 35.5. The second kappa shape index (κ2) is 5.96. The Kier molecular flexibility index (Phi) is 4.14. The minimum Gasteiger partial charge on any atom is -0.305 e. The van der Waals surface area contributed by atoms with Gasteiger partial charge in [-0.15, -0.1) is 0 Å². The van der Waals surface area contributed by atoms with E-state index >= 15 is 0 Å². The summed E-state index contributed by atoms with van der Waals surface area (Å²) in [7, 11) is -3.58. The summed E-state index contributed by atoms with van der Waals surface area (Å²) in [5.41, 5.74) is 2.96. The summed E-state index contributed by atoms with van der Waals surface area (Å²) < 4.78 is 29.3. The van der Waals surface area contributed by atoms with Gasteiger partial charge in [-0.25, -0.2) is 18.1 Å². The van der Waals surface area contributed by atoms with E-state index in [4.69, 9.17) is 11.6 Å². The molecule has 0 radical (unpaired) electrons. The van der Waals surface area contributed by atoms with Crippen molar-refractivity contribution in [2.24, 2.45) is 0 Å². The van der Waals surface area contributed by atoms with Crippen molar-refractivity contribution in [2.75, 3.05) is 0 Å². The average molecular weight is 350 g/mol. The SMILES string of the molecule is Cc1ccc(C)c(S(=O)(=O)NCc2cn3cc(Cl)ccc3n2)c1. The molecule has 2 heterocycles. The number of halogens is 1. The van der Waals surface area contributed by atoms with Gasteiger partial charge in [0.15, 0.2) is 0 Å². The first kappa shape index (κ1) is 16.0. The molecule has 0 saturated carbocycles. The summed E-state index contributed by atoms with van der Waals surface area (Å²) in [5.74, 6) is 0. The van der Waals surface area contributed by atoms with Gasteiger partial charge in [-0.05, 0) is 43.2 Å². The van der Waals surface area contributed by atoms with E-state index in [2.05, 4.69) is 9.71 Å². The van der Waals surface area contributed by atoms with Crippen LogP contribution >= 0.6 is 11.6 Å². The summed E-state index contributed by atoms with van der Waals surface area (Å²) in [6.45, 7) is 3.76. The Bertz CT molecular complexity index is 980. The molecule has 7 heteroatoms. The van der Waals surface area contributed by atoms with Gasteiger partial charge < -0.3 is 4.40 Å². The molecule has 120 valence electrons. The summed E-state index contributed by atoms with van der Waals surface area (Å²) in [6.07, 6.45) is 3.49. The molecule has 1 N–H and O–H groups in total. The van der Waals surface area contributed by atoms with Crippen molar-refractivity contribution >= 4 is 27.3 Å². The van der Waals surface area contributed by atoms with Gasteiger partial charge in [0.25, 0.3) is 0 Å². The molecule has 0 bridgehead atoms. The largest absolute Gasteiger partial charge is 0.305 e. The summed E-state index contributed by atoms with van der Waals surface area (Å²) >= 11 is 5.93. The topological polar surface area (TPSA) is 63.5 Å². The van der Waals surface area contributed by atoms with Crippen molar-refractivity contribution in [3.8, 4) is 0 Å². The maximum atomic E-state index is 12.5. The molecular weight excluding hydrogens is 334 g/mol. The number of nitrogens with zero attached hydrogens (tertiary/aromatic N) is 2. The van der Waals surface area contributed by atoms with Crippen molar-refractivity contribution in [1.82, 2.24) is 14.1 Å². The van der Waals surface area contributed by atoms with Gasteiger partial charge in [-0.1, -0.05) is 23.7 Å². The van der Waals surface area contributed by atoms with Crippen LogP contribution in [0.2, 0.25) is 5.02 Å². The van der Waals surface area contributed by atoms with Crippen LogP contribution in [0.15, 0.2) is 47.6 Å². The van der Waals surface area contributed by atoms with Gasteiger partial charge in [0.05, 0.1) is 22.2 Å². The van der Waals surface area contributed by atoms with Crippen LogP contribution < -0.4 is 4.72 Å². The van der Waals surface area contributed by atoms with Gasteiger partial charge in [-0.2, -0.15) is 0 Å². The average Bonchev–Trinajstić information content (AvgIpc) is 2.89. The minimum atomic E-state index is -3.58. The molecule has 0 unspecified atom stereocenters. The molecule has 5 nitrogen and oxygen atoms in total. The highest BCUT2D eigenvalue weighted by Crippen LogP contribution is 2.17. The third-order valence-electron chi connectivity index (χ3n) is 3.54. The van der Waals surface area contributed by atoms with E-state index in [1.54, 1.807) is 48.0 Å². The highest BCUT2D eigenvalue weighted by Gasteiger charge is 2.17. The molecule has 0 atom stereocenters. The quantitative estimate of drug-likeness (QED) is 0.787. The van der Waals surface area contributed by atoms with Gasteiger partial charge in [-0.3, -0.25) is 0 Å². The Labute approximate surface area is 140 Å². The minimum absolute atomic E-state index is 0.120. The molecule has 0 saturated heterocycles. The van der Waals surface area contributed by atoms with Crippen molar-refractivity contribution in [2.45, 2.75) is 25.3 Å². The highest BCUT2D eigenvalue weighted by molar-refractivity contribution is 7.89. The number of imidazole rings is 1. The van der Waals surface area contributed by atoms with Crippen LogP contribution in [-0.2, 0) is 16.6 Å². The third kappa shape index (κ3) is 3.39. The Morgan fingerprint density at radius 1 is 1.17 bits per heavy atom. The fourth-order valence-corrected chi connectivity index (χ4v) is 3.84. The first-order valence-electron chi connectivity index (χ1n) is 7.05. The van der Waals surface area contributed by atoms with Gasteiger partial charge in [0.2, 0.25) is 10.0 Å². The van der Waals surface area contributed by atoms with E-state index in [1.165, 1.54) is 0 Å². The van der Waals surface area contributed by atoms with Crippen molar-refractivity contribution in [1.29, 1.82) is 0 Å². The summed E-state index contributed by atoms with van der Waals surface area (Å²) in [4.78, 5) is 4.66. The van der Waals surface area contributed by atoms with E-state index in [0.717, 1.165) is 11.2 Å². The molecule has 0 fully saturated rings. The second-order valence-electron chi connectivity index (χ2n) is 5.44. The number of fused-ring (bicyclic) bond motifs is 1. The lowest BCUT2D eigenvalue weighted by molar-refractivity contribution is 0.580. The van der Waals surface area contributed by atoms with E-state index in [9.17, 15) is 8.42 Å². The summed E-state index contributed by atoms with van der Waals surface area (Å²) in [5, 5.41) is 0.595. The Hall–Kier alpha value is -1.89. The molecule has 0 aliphatic carbocycles. The number of benzene rings is 1. The Morgan fingerprint density at radius 3 is 2.74 bits per heavy atom. The summed E-state index contributed by atoms with van der Waals surface area (Å²) in [6, 6.07) is 8.89. The maximum Gasteiger partial charge on any atom is 0.241 e. The van der Waals surface area contributed by atoms with Crippen LogP contribution in [0.25, 0.3) is 5.65 Å². The standard InChI is InChI=1S/C16H16ClN3O2S/c1-11-3-4-12(2)15(7-11)23(21,22)18-8-14-10-20-9-13(17)5-6-16(20)19-14/h3-7,9-10,18H,8H2,1-2H3. The van der Waals surface area contributed by atoms with E-state index < -0.39 is 10.0 Å². The van der Waals surface area contributed by atoms with Crippen LogP contribution in [0.3, 0.4) is 0 Å². The molecule has 0 aliphatic rings. The fourth-order valence-electron chi connectivity index (χ4n) is 2.35. The van der Waals surface area contributed by atoms with Crippen LogP contribution in [0.1, 0.15) is 16.8 Å². The number of aryl methyl sites for hydroxylation is 2. The fraction of sp³-hybridized carbons (Fsp3) is 0.188. The number of nitrogens with one attached hydrogen (secondary N) is 1. The lowest BCUT2D eigenvalue weighted by atomic mass is 10.2. The molecule has 3 rings (SSSR count). The molecule has 23 heavy (non-hydrogen) atoms. The molecular formula is C16H16ClN3O2S. The number of sulfonamides is 1. The predicted octanol–water partition coefficient (Wildman–Crippen LogP) is 3.08. The van der Waals surface area contributed by atoms with Gasteiger partial charge in [0.1, 0.15) is 5.65 Å². The van der Waals surface area contributed by atoms with E-state index in [-0.39, 0.29) is 6.54 Å². The molecule has 0 aliphatic heterocycles. The monoisotopic (exact) mass is 349 g/mol. The van der Waals surface area contributed by atoms with Crippen LogP contribution in [0, 0.1) is 13.8 Å². The molecule has 3 aromatic rings. The Balaban J connectivity index is 1.84. The maximum absolute atomic E-state index is 12.5. The molecule has 0 spiro atoms. The van der Waals surface area contributed by atoms with Gasteiger partial charge in [0, 0.05) is 12.4 Å². The lowest BCUT2D eigenvalue weighted by Gasteiger charge is -2.09. The van der Waals surface area contributed by atoms with E-state index in [0.29, 0.717) is 21.2 Å².